The lowest BCUT2D eigenvalue weighted by Crippen LogP contribution is -2.34. The summed E-state index contributed by atoms with van der Waals surface area (Å²) >= 11 is 5.88. The molecule has 0 fully saturated rings. The van der Waals surface area contributed by atoms with Crippen molar-refractivity contribution in [2.45, 2.75) is 32.7 Å². The van der Waals surface area contributed by atoms with Crippen LogP contribution in [0.1, 0.15) is 31.9 Å². The van der Waals surface area contributed by atoms with E-state index in [9.17, 15) is 4.79 Å². The summed E-state index contributed by atoms with van der Waals surface area (Å²) in [5, 5.41) is 3.65. The molecule has 0 saturated heterocycles. The van der Waals surface area contributed by atoms with Crippen molar-refractivity contribution in [3.8, 4) is 0 Å². The van der Waals surface area contributed by atoms with E-state index < -0.39 is 0 Å². The minimum absolute atomic E-state index is 0.00709. The summed E-state index contributed by atoms with van der Waals surface area (Å²) in [4.78, 5) is 14.0. The van der Waals surface area contributed by atoms with Crippen molar-refractivity contribution in [2.24, 2.45) is 0 Å². The average molecular weight is 345 g/mol. The molecule has 0 heterocycles. The SMILES string of the molecule is CN(CC(=O)NCc1ccc(C(C)(C)C)cc1)c1ccc(Cl)cc1. The standard InChI is InChI=1S/C20H25ClN2O/c1-20(2,3)16-7-5-15(6-8-16)13-22-19(24)14-23(4)18-11-9-17(21)10-12-18/h5-12H,13-14H2,1-4H3,(H,22,24). The number of nitrogens with zero attached hydrogens (tertiary/aromatic N) is 1. The topological polar surface area (TPSA) is 32.3 Å². The van der Waals surface area contributed by atoms with Gasteiger partial charge in [-0.2, -0.15) is 0 Å². The zero-order chi connectivity index (χ0) is 17.7. The lowest BCUT2D eigenvalue weighted by atomic mass is 9.87. The van der Waals surface area contributed by atoms with Crippen molar-refractivity contribution in [3.05, 3.63) is 64.7 Å². The summed E-state index contributed by atoms with van der Waals surface area (Å²) in [6.07, 6.45) is 0. The number of likely N-dealkylation sites (N-methyl/N-ethyl adjacent to an activating group) is 1. The van der Waals surface area contributed by atoms with Crippen LogP contribution in [0.4, 0.5) is 5.69 Å². The summed E-state index contributed by atoms with van der Waals surface area (Å²) < 4.78 is 0. The molecule has 1 amide bonds. The van der Waals surface area contributed by atoms with E-state index in [1.807, 2.05) is 36.2 Å². The van der Waals surface area contributed by atoms with Gasteiger partial charge in [0.1, 0.15) is 0 Å². The van der Waals surface area contributed by atoms with E-state index in [1.54, 1.807) is 0 Å². The molecule has 0 aliphatic heterocycles. The smallest absolute Gasteiger partial charge is 0.239 e. The number of carbonyl (C=O) groups excluding carboxylic acids is 1. The van der Waals surface area contributed by atoms with Crippen molar-refractivity contribution in [3.63, 3.8) is 0 Å². The molecule has 0 unspecified atom stereocenters. The lowest BCUT2D eigenvalue weighted by Gasteiger charge is -2.20. The van der Waals surface area contributed by atoms with Gasteiger partial charge < -0.3 is 10.2 Å². The zero-order valence-electron chi connectivity index (χ0n) is 14.8. The molecule has 0 aliphatic carbocycles. The van der Waals surface area contributed by atoms with Crippen molar-refractivity contribution in [1.82, 2.24) is 5.32 Å². The number of halogens is 1. The molecule has 1 N–H and O–H groups in total. The van der Waals surface area contributed by atoms with E-state index in [1.165, 1.54) is 5.56 Å². The van der Waals surface area contributed by atoms with Crippen LogP contribution in [-0.4, -0.2) is 19.5 Å². The van der Waals surface area contributed by atoms with Crippen molar-refractivity contribution >= 4 is 23.2 Å². The van der Waals surface area contributed by atoms with E-state index in [0.29, 0.717) is 18.1 Å². The van der Waals surface area contributed by atoms with E-state index in [-0.39, 0.29) is 11.3 Å². The molecule has 0 spiro atoms. The lowest BCUT2D eigenvalue weighted by molar-refractivity contribution is -0.119. The quantitative estimate of drug-likeness (QED) is 0.872. The van der Waals surface area contributed by atoms with Gasteiger partial charge in [0.2, 0.25) is 5.91 Å². The minimum Gasteiger partial charge on any atom is -0.365 e. The highest BCUT2D eigenvalue weighted by atomic mass is 35.5. The molecule has 0 atom stereocenters. The predicted octanol–water partition coefficient (Wildman–Crippen LogP) is 4.39. The predicted molar refractivity (Wildman–Crippen MR) is 102 cm³/mol. The normalized spacial score (nSPS) is 11.2. The third-order valence-corrected chi connectivity index (χ3v) is 4.21. The number of rotatable bonds is 5. The third kappa shape index (κ3) is 5.27. The van der Waals surface area contributed by atoms with Crippen LogP contribution in [0, 0.1) is 0 Å². The fraction of sp³-hybridized carbons (Fsp3) is 0.350. The summed E-state index contributed by atoms with van der Waals surface area (Å²) in [5.74, 6) is -0.00709. The Bertz CT molecular complexity index is 672. The molecular weight excluding hydrogens is 320 g/mol. The molecule has 2 aromatic rings. The van der Waals surface area contributed by atoms with Crippen LogP contribution in [0.5, 0.6) is 0 Å². The van der Waals surface area contributed by atoms with Crippen molar-refractivity contribution in [2.75, 3.05) is 18.5 Å². The first-order valence-corrected chi connectivity index (χ1v) is 8.46. The summed E-state index contributed by atoms with van der Waals surface area (Å²) in [7, 11) is 1.89. The van der Waals surface area contributed by atoms with Gasteiger partial charge in [0.05, 0.1) is 6.54 Å². The first-order chi connectivity index (χ1) is 11.3. The van der Waals surface area contributed by atoms with E-state index >= 15 is 0 Å². The molecule has 0 saturated carbocycles. The van der Waals surface area contributed by atoms with Gasteiger partial charge in [0, 0.05) is 24.3 Å². The highest BCUT2D eigenvalue weighted by Crippen LogP contribution is 2.22. The largest absolute Gasteiger partial charge is 0.365 e. The van der Waals surface area contributed by atoms with Crippen LogP contribution in [0.15, 0.2) is 48.5 Å². The van der Waals surface area contributed by atoms with Crippen LogP contribution in [0.25, 0.3) is 0 Å². The van der Waals surface area contributed by atoms with Crippen molar-refractivity contribution in [1.29, 1.82) is 0 Å². The molecule has 2 aromatic carbocycles. The van der Waals surface area contributed by atoms with Gasteiger partial charge in [-0.15, -0.1) is 0 Å². The van der Waals surface area contributed by atoms with Gasteiger partial charge in [-0.1, -0.05) is 56.6 Å². The fourth-order valence-corrected chi connectivity index (χ4v) is 2.51. The van der Waals surface area contributed by atoms with Gasteiger partial charge in [0.15, 0.2) is 0 Å². The van der Waals surface area contributed by atoms with Gasteiger partial charge in [-0.25, -0.2) is 0 Å². The van der Waals surface area contributed by atoms with Crippen LogP contribution < -0.4 is 10.2 Å². The molecule has 0 radical (unpaired) electrons. The zero-order valence-corrected chi connectivity index (χ0v) is 15.5. The molecule has 0 aliphatic rings. The number of nitrogens with one attached hydrogen (secondary N) is 1. The van der Waals surface area contributed by atoms with Crippen LogP contribution in [-0.2, 0) is 16.8 Å². The molecule has 0 aromatic heterocycles. The van der Waals surface area contributed by atoms with Gasteiger partial charge in [-0.3, -0.25) is 4.79 Å². The number of amides is 1. The molecule has 4 heteroatoms. The number of carbonyl (C=O) groups is 1. The van der Waals surface area contributed by atoms with E-state index in [0.717, 1.165) is 11.3 Å². The minimum atomic E-state index is -0.00709. The van der Waals surface area contributed by atoms with Crippen molar-refractivity contribution < 1.29 is 4.79 Å². The summed E-state index contributed by atoms with van der Waals surface area (Å²) in [6, 6.07) is 15.8. The maximum Gasteiger partial charge on any atom is 0.239 e. The second-order valence-corrected chi connectivity index (χ2v) is 7.49. The number of hydrogen-bond acceptors (Lipinski definition) is 2. The maximum absolute atomic E-state index is 12.1. The Morgan fingerprint density at radius 2 is 1.62 bits per heavy atom. The second kappa shape index (κ2) is 7.71. The fourth-order valence-electron chi connectivity index (χ4n) is 2.38. The molecule has 3 nitrogen and oxygen atoms in total. The Morgan fingerprint density at radius 3 is 2.17 bits per heavy atom. The highest BCUT2D eigenvalue weighted by molar-refractivity contribution is 6.30. The molecule has 24 heavy (non-hydrogen) atoms. The Labute approximate surface area is 149 Å². The average Bonchev–Trinajstić information content (AvgIpc) is 2.53. The molecule has 128 valence electrons. The monoisotopic (exact) mass is 344 g/mol. The Kier molecular flexibility index (Phi) is 5.89. The first kappa shape index (κ1) is 18.3. The molecular formula is C20H25ClN2O. The molecule has 2 rings (SSSR count). The Hall–Kier alpha value is -2.00. The number of hydrogen-bond donors (Lipinski definition) is 1. The second-order valence-electron chi connectivity index (χ2n) is 7.06. The maximum atomic E-state index is 12.1. The first-order valence-electron chi connectivity index (χ1n) is 8.08. The van der Waals surface area contributed by atoms with E-state index in [4.69, 9.17) is 11.6 Å². The summed E-state index contributed by atoms with van der Waals surface area (Å²) in [6.45, 7) is 7.42. The van der Waals surface area contributed by atoms with Gasteiger partial charge in [-0.05, 0) is 40.8 Å². The van der Waals surface area contributed by atoms with Gasteiger partial charge in [0.25, 0.3) is 0 Å². The molecule has 0 bridgehead atoms. The Morgan fingerprint density at radius 1 is 1.04 bits per heavy atom. The summed E-state index contributed by atoms with van der Waals surface area (Å²) in [5.41, 5.74) is 3.50. The van der Waals surface area contributed by atoms with Crippen LogP contribution in [0.3, 0.4) is 0 Å². The number of anilines is 1. The number of benzene rings is 2. The van der Waals surface area contributed by atoms with Crippen LogP contribution in [0.2, 0.25) is 5.02 Å². The van der Waals surface area contributed by atoms with Gasteiger partial charge >= 0.3 is 0 Å². The van der Waals surface area contributed by atoms with E-state index in [2.05, 4.69) is 50.4 Å². The van der Waals surface area contributed by atoms with Crippen LogP contribution >= 0.6 is 11.6 Å². The third-order valence-electron chi connectivity index (χ3n) is 3.96. The Balaban J connectivity index is 1.85. The highest BCUT2D eigenvalue weighted by Gasteiger charge is 2.13.